The minimum Gasteiger partial charge on any atom is -0.480 e. The number of aryl methyl sites for hydroxylation is 1. The lowest BCUT2D eigenvalue weighted by atomic mass is 10.2. The van der Waals surface area contributed by atoms with Gasteiger partial charge in [-0.1, -0.05) is 0 Å². The molecule has 20 heavy (non-hydrogen) atoms. The van der Waals surface area contributed by atoms with Crippen LogP contribution in [0.3, 0.4) is 0 Å². The van der Waals surface area contributed by atoms with Crippen molar-refractivity contribution >= 4 is 21.6 Å². The maximum Gasteiger partial charge on any atom is 0.325 e. The molecule has 1 aromatic carbocycles. The zero-order valence-electron chi connectivity index (χ0n) is 10.7. The fraction of sp³-hybridized carbons (Fsp3) is 0.167. The number of rotatable bonds is 4. The van der Waals surface area contributed by atoms with E-state index < -0.39 is 4.92 Å². The van der Waals surface area contributed by atoms with Crippen LogP contribution in [0.1, 0.15) is 5.56 Å². The molecular weight excluding hydrogens is 330 g/mol. The Labute approximate surface area is 122 Å². The average molecular weight is 340 g/mol. The summed E-state index contributed by atoms with van der Waals surface area (Å²) in [5, 5.41) is 10.7. The smallest absolute Gasteiger partial charge is 0.325 e. The maximum atomic E-state index is 10.7. The van der Waals surface area contributed by atoms with Gasteiger partial charge < -0.3 is 9.47 Å². The molecule has 8 heteroatoms. The highest BCUT2D eigenvalue weighted by Gasteiger charge is 2.12. The first kappa shape index (κ1) is 14.2. The second kappa shape index (κ2) is 5.83. The first-order valence-electron chi connectivity index (χ1n) is 5.50. The van der Waals surface area contributed by atoms with Crippen LogP contribution in [0.2, 0.25) is 0 Å². The van der Waals surface area contributed by atoms with Crippen molar-refractivity contribution in [2.75, 3.05) is 7.11 Å². The van der Waals surface area contributed by atoms with Crippen molar-refractivity contribution in [3.05, 3.63) is 44.5 Å². The van der Waals surface area contributed by atoms with Crippen LogP contribution in [-0.2, 0) is 0 Å². The Bertz CT molecular complexity index is 663. The summed E-state index contributed by atoms with van der Waals surface area (Å²) in [6.45, 7) is 1.63. The highest BCUT2D eigenvalue weighted by atomic mass is 79.9. The van der Waals surface area contributed by atoms with Gasteiger partial charge in [-0.05, 0) is 35.0 Å². The molecule has 104 valence electrons. The number of nitrogens with zero attached hydrogens (tertiary/aromatic N) is 3. The summed E-state index contributed by atoms with van der Waals surface area (Å²) in [4.78, 5) is 18.3. The van der Waals surface area contributed by atoms with E-state index in [1.807, 2.05) is 0 Å². The van der Waals surface area contributed by atoms with Crippen LogP contribution in [0.25, 0.3) is 0 Å². The van der Waals surface area contributed by atoms with Gasteiger partial charge in [0.05, 0.1) is 22.7 Å². The summed E-state index contributed by atoms with van der Waals surface area (Å²) in [5.41, 5.74) is 0.531. The van der Waals surface area contributed by atoms with E-state index in [0.29, 0.717) is 21.7 Å². The molecule has 1 aromatic heterocycles. The van der Waals surface area contributed by atoms with Crippen molar-refractivity contribution in [1.29, 1.82) is 0 Å². The first-order valence-corrected chi connectivity index (χ1v) is 6.30. The van der Waals surface area contributed by atoms with Gasteiger partial charge >= 0.3 is 6.01 Å². The fourth-order valence-corrected chi connectivity index (χ4v) is 1.88. The quantitative estimate of drug-likeness (QED) is 0.627. The lowest BCUT2D eigenvalue weighted by molar-refractivity contribution is -0.385. The third-order valence-corrected chi connectivity index (χ3v) is 3.00. The van der Waals surface area contributed by atoms with Crippen molar-refractivity contribution in [1.82, 2.24) is 9.97 Å². The third-order valence-electron chi connectivity index (χ3n) is 2.46. The summed E-state index contributed by atoms with van der Waals surface area (Å²) in [5.74, 6) is 0.756. The molecule has 2 aromatic rings. The third kappa shape index (κ3) is 3.02. The molecule has 0 atom stereocenters. The molecule has 0 unspecified atom stereocenters. The van der Waals surface area contributed by atoms with Gasteiger partial charge in [-0.2, -0.15) is 4.98 Å². The monoisotopic (exact) mass is 339 g/mol. The van der Waals surface area contributed by atoms with E-state index in [9.17, 15) is 10.1 Å². The molecular formula is C12H10BrN3O4. The molecule has 0 aliphatic heterocycles. The molecule has 7 nitrogen and oxygen atoms in total. The van der Waals surface area contributed by atoms with Gasteiger partial charge in [-0.3, -0.25) is 10.1 Å². The molecule has 0 radical (unpaired) electrons. The van der Waals surface area contributed by atoms with Crippen molar-refractivity contribution in [2.45, 2.75) is 6.92 Å². The Morgan fingerprint density at radius 2 is 2.15 bits per heavy atom. The van der Waals surface area contributed by atoms with Gasteiger partial charge in [0.2, 0.25) is 5.88 Å². The van der Waals surface area contributed by atoms with E-state index in [2.05, 4.69) is 25.9 Å². The number of benzene rings is 1. The van der Waals surface area contributed by atoms with Crippen LogP contribution < -0.4 is 9.47 Å². The van der Waals surface area contributed by atoms with Gasteiger partial charge in [0.25, 0.3) is 5.69 Å². The highest BCUT2D eigenvalue weighted by molar-refractivity contribution is 9.10. The van der Waals surface area contributed by atoms with E-state index in [1.54, 1.807) is 13.0 Å². The van der Waals surface area contributed by atoms with Crippen LogP contribution in [0.15, 0.2) is 28.9 Å². The lowest BCUT2D eigenvalue weighted by Gasteiger charge is -2.07. The number of nitro groups is 1. The molecule has 0 aliphatic carbocycles. The molecule has 0 saturated carbocycles. The van der Waals surface area contributed by atoms with Crippen molar-refractivity contribution in [2.24, 2.45) is 0 Å². The van der Waals surface area contributed by atoms with E-state index in [4.69, 9.17) is 9.47 Å². The van der Waals surface area contributed by atoms with Gasteiger partial charge in [-0.15, -0.1) is 0 Å². The molecule has 0 saturated heterocycles. The topological polar surface area (TPSA) is 87.4 Å². The molecule has 0 spiro atoms. The van der Waals surface area contributed by atoms with Crippen LogP contribution in [-0.4, -0.2) is 22.0 Å². The normalized spacial score (nSPS) is 10.2. The van der Waals surface area contributed by atoms with Gasteiger partial charge in [-0.25, -0.2) is 4.98 Å². The van der Waals surface area contributed by atoms with Crippen LogP contribution in [0, 0.1) is 17.0 Å². The molecule has 0 aliphatic rings. The minimum absolute atomic E-state index is 0.0339. The minimum atomic E-state index is -0.446. The average Bonchev–Trinajstić information content (AvgIpc) is 2.40. The summed E-state index contributed by atoms with van der Waals surface area (Å²) < 4.78 is 11.1. The van der Waals surface area contributed by atoms with Crippen LogP contribution in [0.5, 0.6) is 17.6 Å². The SMILES string of the molecule is COc1nc(Oc2ccc([N+](=O)[O-])c(C)c2)ncc1Br. The molecule has 0 amide bonds. The number of methoxy groups -OCH3 is 1. The number of halogens is 1. The summed E-state index contributed by atoms with van der Waals surface area (Å²) in [7, 11) is 1.48. The molecule has 1 heterocycles. The Kier molecular flexibility index (Phi) is 4.14. The lowest BCUT2D eigenvalue weighted by Crippen LogP contribution is -1.97. The van der Waals surface area contributed by atoms with E-state index in [0.717, 1.165) is 0 Å². The van der Waals surface area contributed by atoms with E-state index >= 15 is 0 Å². The predicted octanol–water partition coefficient (Wildman–Crippen LogP) is 3.26. The largest absolute Gasteiger partial charge is 0.480 e. The van der Waals surface area contributed by atoms with Gasteiger partial charge in [0.15, 0.2) is 0 Å². The Balaban J connectivity index is 2.26. The second-order valence-corrected chi connectivity index (χ2v) is 4.67. The van der Waals surface area contributed by atoms with Crippen LogP contribution in [0.4, 0.5) is 5.69 Å². The van der Waals surface area contributed by atoms with Crippen molar-refractivity contribution in [3.63, 3.8) is 0 Å². The highest BCUT2D eigenvalue weighted by Crippen LogP contribution is 2.28. The molecule has 2 rings (SSSR count). The van der Waals surface area contributed by atoms with Crippen molar-refractivity contribution < 1.29 is 14.4 Å². The standard InChI is InChI=1S/C12H10BrN3O4/c1-7-5-8(3-4-10(7)16(17)18)20-12-14-6-9(13)11(15-12)19-2/h3-6H,1-2H3. The number of ether oxygens (including phenoxy) is 2. The predicted molar refractivity (Wildman–Crippen MR) is 74.2 cm³/mol. The Morgan fingerprint density at radius 3 is 2.75 bits per heavy atom. The fourth-order valence-electron chi connectivity index (χ4n) is 1.53. The van der Waals surface area contributed by atoms with Crippen LogP contribution >= 0.6 is 15.9 Å². The van der Waals surface area contributed by atoms with E-state index in [1.165, 1.54) is 25.4 Å². The Morgan fingerprint density at radius 1 is 1.40 bits per heavy atom. The summed E-state index contributed by atoms with van der Waals surface area (Å²) >= 11 is 3.23. The van der Waals surface area contributed by atoms with Gasteiger partial charge in [0.1, 0.15) is 5.75 Å². The maximum absolute atomic E-state index is 10.7. The zero-order valence-corrected chi connectivity index (χ0v) is 12.2. The summed E-state index contributed by atoms with van der Waals surface area (Å²) in [6, 6.07) is 4.51. The second-order valence-electron chi connectivity index (χ2n) is 3.82. The first-order chi connectivity index (χ1) is 9.51. The van der Waals surface area contributed by atoms with E-state index in [-0.39, 0.29) is 11.7 Å². The zero-order chi connectivity index (χ0) is 14.7. The van der Waals surface area contributed by atoms with Gasteiger partial charge in [0, 0.05) is 11.6 Å². The summed E-state index contributed by atoms with van der Waals surface area (Å²) in [6.07, 6.45) is 1.50. The number of hydrogen-bond donors (Lipinski definition) is 0. The number of nitro benzene ring substituents is 1. The Hall–Kier alpha value is -2.22. The number of hydrogen-bond acceptors (Lipinski definition) is 6. The number of aromatic nitrogens is 2. The molecule has 0 N–H and O–H groups in total. The molecule has 0 bridgehead atoms. The van der Waals surface area contributed by atoms with Crippen molar-refractivity contribution in [3.8, 4) is 17.6 Å². The molecule has 0 fully saturated rings.